The summed E-state index contributed by atoms with van der Waals surface area (Å²) >= 11 is 5.74. The molecule has 0 atom stereocenters. The van der Waals surface area contributed by atoms with Gasteiger partial charge in [-0.2, -0.15) is 0 Å². The minimum absolute atomic E-state index is 0.127. The molecular weight excluding hydrogens is 354 g/mol. The lowest BCUT2D eigenvalue weighted by atomic mass is 9.85. The number of benzene rings is 1. The molecule has 0 aromatic heterocycles. The van der Waals surface area contributed by atoms with Crippen molar-refractivity contribution in [1.82, 2.24) is 10.2 Å². The zero-order valence-corrected chi connectivity index (χ0v) is 17.0. The van der Waals surface area contributed by atoms with Crippen molar-refractivity contribution in [2.45, 2.75) is 75.9 Å². The Morgan fingerprint density at radius 3 is 2.41 bits per heavy atom. The van der Waals surface area contributed by atoms with Gasteiger partial charge in [0.15, 0.2) is 5.11 Å². The van der Waals surface area contributed by atoms with Crippen LogP contribution >= 0.6 is 12.2 Å². The Balaban J connectivity index is 1.27. The zero-order chi connectivity index (χ0) is 18.5. The fourth-order valence-electron chi connectivity index (χ4n) is 4.56. The van der Waals surface area contributed by atoms with Crippen LogP contribution in [-0.2, 0) is 4.84 Å². The third-order valence-electron chi connectivity index (χ3n) is 6.34. The minimum Gasteiger partial charge on any atom is -0.388 e. The van der Waals surface area contributed by atoms with E-state index in [1.165, 1.54) is 50.5 Å². The Morgan fingerprint density at radius 1 is 1.04 bits per heavy atom. The number of thiocarbonyl (C=S) groups is 1. The summed E-state index contributed by atoms with van der Waals surface area (Å²) in [6, 6.07) is 11.0. The van der Waals surface area contributed by atoms with Gasteiger partial charge in [-0.05, 0) is 30.6 Å². The highest BCUT2D eigenvalue weighted by atomic mass is 32.1. The molecular formula is C22H31N3OS. The molecule has 2 heterocycles. The number of nitrogens with zero attached hydrogens (tertiary/aromatic N) is 2. The predicted molar refractivity (Wildman–Crippen MR) is 114 cm³/mol. The minimum atomic E-state index is -0.127. The summed E-state index contributed by atoms with van der Waals surface area (Å²) in [5.74, 6) is 0. The van der Waals surface area contributed by atoms with Crippen molar-refractivity contribution < 1.29 is 4.84 Å². The number of rotatable bonds is 2. The summed E-state index contributed by atoms with van der Waals surface area (Å²) < 4.78 is 0. The fourth-order valence-corrected chi connectivity index (χ4v) is 4.91. The first kappa shape index (κ1) is 18.7. The van der Waals surface area contributed by atoms with Crippen molar-refractivity contribution in [2.75, 3.05) is 13.1 Å². The van der Waals surface area contributed by atoms with E-state index in [-0.39, 0.29) is 5.60 Å². The van der Waals surface area contributed by atoms with Gasteiger partial charge in [-0.25, -0.2) is 0 Å². The lowest BCUT2D eigenvalue weighted by Crippen LogP contribution is -2.51. The van der Waals surface area contributed by atoms with Crippen LogP contribution in [0.15, 0.2) is 35.5 Å². The van der Waals surface area contributed by atoms with Gasteiger partial charge in [0.05, 0.1) is 5.71 Å². The van der Waals surface area contributed by atoms with Crippen molar-refractivity contribution >= 4 is 23.0 Å². The molecule has 27 heavy (non-hydrogen) atoms. The van der Waals surface area contributed by atoms with E-state index in [1.807, 2.05) is 6.07 Å². The standard InChI is InChI=1S/C22H31N3OS/c27-21(23-19-11-7-2-1-3-8-12-19)25-15-13-22(14-16-25)17-20(24-26-22)18-9-5-4-6-10-18/h4-6,9-10,19H,1-3,7-8,11-17H2,(H,23,27). The van der Waals surface area contributed by atoms with Gasteiger partial charge in [0.2, 0.25) is 0 Å². The van der Waals surface area contributed by atoms with Crippen LogP contribution in [0.3, 0.4) is 0 Å². The highest BCUT2D eigenvalue weighted by molar-refractivity contribution is 7.80. The van der Waals surface area contributed by atoms with Crippen LogP contribution in [0, 0.1) is 0 Å². The summed E-state index contributed by atoms with van der Waals surface area (Å²) in [6.07, 6.45) is 12.2. The first-order chi connectivity index (χ1) is 13.2. The van der Waals surface area contributed by atoms with Gasteiger partial charge in [0, 0.05) is 38.4 Å². The summed E-state index contributed by atoms with van der Waals surface area (Å²) in [5.41, 5.74) is 2.13. The van der Waals surface area contributed by atoms with E-state index in [4.69, 9.17) is 17.1 Å². The first-order valence-electron chi connectivity index (χ1n) is 10.6. The quantitative estimate of drug-likeness (QED) is 0.753. The average molecular weight is 386 g/mol. The fraction of sp³-hybridized carbons (Fsp3) is 0.636. The summed E-state index contributed by atoms with van der Waals surface area (Å²) in [7, 11) is 0. The molecule has 1 aromatic carbocycles. The Hall–Kier alpha value is -1.62. The smallest absolute Gasteiger partial charge is 0.169 e. The van der Waals surface area contributed by atoms with Gasteiger partial charge in [0.1, 0.15) is 5.60 Å². The van der Waals surface area contributed by atoms with Gasteiger partial charge >= 0.3 is 0 Å². The maximum absolute atomic E-state index is 5.95. The monoisotopic (exact) mass is 385 g/mol. The molecule has 0 amide bonds. The Bertz CT molecular complexity index is 659. The molecule has 1 saturated heterocycles. The number of nitrogens with one attached hydrogen (secondary N) is 1. The van der Waals surface area contributed by atoms with Crippen LogP contribution in [0.4, 0.5) is 0 Å². The van der Waals surface area contributed by atoms with E-state index in [9.17, 15) is 0 Å². The topological polar surface area (TPSA) is 36.9 Å². The van der Waals surface area contributed by atoms with Crippen LogP contribution in [0.5, 0.6) is 0 Å². The van der Waals surface area contributed by atoms with Crippen molar-refractivity contribution in [3.8, 4) is 0 Å². The Kier molecular flexibility index (Phi) is 5.96. The molecule has 4 nitrogen and oxygen atoms in total. The predicted octanol–water partition coefficient (Wildman–Crippen LogP) is 4.63. The van der Waals surface area contributed by atoms with Gasteiger partial charge in [-0.15, -0.1) is 0 Å². The SMILES string of the molecule is S=C(NC1CCCCCCC1)N1CCC2(CC1)CC(c1ccccc1)=NO2. The molecule has 0 unspecified atom stereocenters. The Labute approximate surface area is 168 Å². The molecule has 0 radical (unpaired) electrons. The number of likely N-dealkylation sites (tertiary alicyclic amines) is 1. The van der Waals surface area contributed by atoms with Crippen molar-refractivity contribution in [3.63, 3.8) is 0 Å². The normalized spacial score (nSPS) is 23.3. The second kappa shape index (κ2) is 8.59. The molecule has 5 heteroatoms. The van der Waals surface area contributed by atoms with Crippen molar-refractivity contribution in [3.05, 3.63) is 35.9 Å². The molecule has 1 aliphatic carbocycles. The van der Waals surface area contributed by atoms with Gasteiger partial charge in [0.25, 0.3) is 0 Å². The van der Waals surface area contributed by atoms with E-state index < -0.39 is 0 Å². The maximum atomic E-state index is 5.95. The molecule has 1 N–H and O–H groups in total. The lowest BCUT2D eigenvalue weighted by molar-refractivity contribution is -0.0525. The van der Waals surface area contributed by atoms with E-state index in [2.05, 4.69) is 39.6 Å². The van der Waals surface area contributed by atoms with E-state index in [0.29, 0.717) is 6.04 Å². The average Bonchev–Trinajstić information content (AvgIpc) is 3.09. The summed E-state index contributed by atoms with van der Waals surface area (Å²) in [6.45, 7) is 1.91. The van der Waals surface area contributed by atoms with Crippen molar-refractivity contribution in [2.24, 2.45) is 5.16 Å². The number of hydrogen-bond donors (Lipinski definition) is 1. The third kappa shape index (κ3) is 4.63. The van der Waals surface area contributed by atoms with E-state index in [1.54, 1.807) is 0 Å². The zero-order valence-electron chi connectivity index (χ0n) is 16.2. The van der Waals surface area contributed by atoms with Crippen LogP contribution in [0.25, 0.3) is 0 Å². The summed E-state index contributed by atoms with van der Waals surface area (Å²) in [4.78, 5) is 8.29. The van der Waals surface area contributed by atoms with Crippen LogP contribution in [0.2, 0.25) is 0 Å². The second-order valence-corrected chi connectivity index (χ2v) is 8.72. The molecule has 1 spiro atoms. The molecule has 0 bridgehead atoms. The number of piperidine rings is 1. The molecule has 146 valence electrons. The maximum Gasteiger partial charge on any atom is 0.169 e. The van der Waals surface area contributed by atoms with Crippen LogP contribution in [-0.4, -0.2) is 40.5 Å². The number of hydrogen-bond acceptors (Lipinski definition) is 3. The molecule has 1 aromatic rings. The molecule has 1 saturated carbocycles. The van der Waals surface area contributed by atoms with E-state index >= 15 is 0 Å². The molecule has 3 aliphatic rings. The summed E-state index contributed by atoms with van der Waals surface area (Å²) in [5, 5.41) is 9.02. The van der Waals surface area contributed by atoms with Gasteiger partial charge in [-0.3, -0.25) is 0 Å². The van der Waals surface area contributed by atoms with Crippen LogP contribution < -0.4 is 5.32 Å². The largest absolute Gasteiger partial charge is 0.388 e. The molecule has 4 rings (SSSR count). The Morgan fingerprint density at radius 2 is 1.70 bits per heavy atom. The first-order valence-corrected chi connectivity index (χ1v) is 11.0. The van der Waals surface area contributed by atoms with Gasteiger partial charge in [-0.1, -0.05) is 67.6 Å². The van der Waals surface area contributed by atoms with Crippen LogP contribution in [0.1, 0.15) is 69.8 Å². The highest BCUT2D eigenvalue weighted by Gasteiger charge is 2.42. The molecule has 2 fully saturated rings. The van der Waals surface area contributed by atoms with Crippen molar-refractivity contribution in [1.29, 1.82) is 0 Å². The van der Waals surface area contributed by atoms with E-state index in [0.717, 1.165) is 43.2 Å². The second-order valence-electron chi connectivity index (χ2n) is 8.33. The van der Waals surface area contributed by atoms with Gasteiger partial charge < -0.3 is 15.1 Å². The third-order valence-corrected chi connectivity index (χ3v) is 6.72. The molecule has 2 aliphatic heterocycles. The number of oxime groups is 1. The highest BCUT2D eigenvalue weighted by Crippen LogP contribution is 2.36. The lowest BCUT2D eigenvalue weighted by Gasteiger charge is -2.39.